The highest BCUT2D eigenvalue weighted by Crippen LogP contribution is 2.30. The maximum absolute atomic E-state index is 12.2. The predicted molar refractivity (Wildman–Crippen MR) is 75.8 cm³/mol. The monoisotopic (exact) mass is 291 g/mol. The fourth-order valence-corrected chi connectivity index (χ4v) is 2.03. The van der Waals surface area contributed by atoms with Gasteiger partial charge >= 0.3 is 12.2 Å². The molecule has 0 radical (unpaired) electrons. The summed E-state index contributed by atoms with van der Waals surface area (Å²) < 4.78 is 14.7. The van der Waals surface area contributed by atoms with Crippen LogP contribution in [0, 0.1) is 0 Å². The van der Waals surface area contributed by atoms with Crippen LogP contribution in [0.1, 0.15) is 19.4 Å². The summed E-state index contributed by atoms with van der Waals surface area (Å²) in [6.07, 6.45) is 0.550. The Kier molecular flexibility index (Phi) is 4.81. The van der Waals surface area contributed by atoms with E-state index in [1.54, 1.807) is 25.1 Å². The van der Waals surface area contributed by atoms with Crippen molar-refractivity contribution in [2.45, 2.75) is 20.3 Å². The van der Waals surface area contributed by atoms with Gasteiger partial charge in [-0.15, -0.1) is 0 Å². The Balaban J connectivity index is 2.26. The third-order valence-electron chi connectivity index (χ3n) is 2.86. The van der Waals surface area contributed by atoms with Crippen LogP contribution in [0.25, 0.3) is 0 Å². The number of hydrogen-bond acceptors (Lipinski definition) is 5. The molecule has 0 N–H and O–H groups in total. The Hall–Kier alpha value is -2.50. The van der Waals surface area contributed by atoms with E-state index in [-0.39, 0.29) is 6.61 Å². The number of anilines is 1. The lowest BCUT2D eigenvalue weighted by molar-refractivity contribution is 0.0801. The van der Waals surface area contributed by atoms with Gasteiger partial charge in [0.1, 0.15) is 0 Å². The molecule has 2 rings (SSSR count). The Morgan fingerprint density at radius 1 is 1.19 bits per heavy atom. The van der Waals surface area contributed by atoms with Crippen molar-refractivity contribution in [1.82, 2.24) is 0 Å². The van der Waals surface area contributed by atoms with Crippen LogP contribution in [-0.2, 0) is 20.6 Å². The fraction of sp³-hybridized carbons (Fsp3) is 0.333. The number of carbonyl (C=O) groups excluding carboxylic acids is 2. The molecule has 1 aliphatic heterocycles. The number of nitrogens with zero attached hydrogens (tertiary/aromatic N) is 1. The van der Waals surface area contributed by atoms with E-state index in [1.807, 2.05) is 19.1 Å². The van der Waals surface area contributed by atoms with Crippen molar-refractivity contribution < 1.29 is 23.8 Å². The molecule has 6 heteroatoms. The summed E-state index contributed by atoms with van der Waals surface area (Å²) >= 11 is 0. The number of fused-ring (bicyclic) bond motifs is 1. The Bertz CT molecular complexity index is 567. The third kappa shape index (κ3) is 3.34. The van der Waals surface area contributed by atoms with E-state index in [0.29, 0.717) is 24.6 Å². The first kappa shape index (κ1) is 14.9. The first-order chi connectivity index (χ1) is 10.2. The van der Waals surface area contributed by atoms with E-state index in [1.165, 1.54) is 4.90 Å². The number of rotatable bonds is 3. The summed E-state index contributed by atoms with van der Waals surface area (Å²) in [6.45, 7) is 3.98. The van der Waals surface area contributed by atoms with Gasteiger partial charge in [0.2, 0.25) is 0 Å². The molecule has 1 aromatic carbocycles. The van der Waals surface area contributed by atoms with Crippen LogP contribution < -0.4 is 4.90 Å². The van der Waals surface area contributed by atoms with Gasteiger partial charge in [-0.1, -0.05) is 18.2 Å². The quantitative estimate of drug-likeness (QED) is 0.632. The molecule has 0 saturated carbocycles. The summed E-state index contributed by atoms with van der Waals surface area (Å²) in [5.74, 6) is 0.352. The number of para-hydroxylation sites is 1. The standard InChI is InChI=1S/C15H17NO5/c1-3-19-13-10-9-11-7-5-6-8-12(11)16(13)14(17)21-15(18)20-4-2/h5-8,10H,3-4,9H2,1-2H3. The number of hydrogen-bond donors (Lipinski definition) is 0. The molecule has 1 aromatic rings. The predicted octanol–water partition coefficient (Wildman–Crippen LogP) is 3.22. The van der Waals surface area contributed by atoms with Crippen molar-refractivity contribution in [3.8, 4) is 0 Å². The number of carbonyl (C=O) groups is 2. The van der Waals surface area contributed by atoms with Crippen LogP contribution in [0.3, 0.4) is 0 Å². The normalized spacial score (nSPS) is 13.0. The van der Waals surface area contributed by atoms with Crippen molar-refractivity contribution in [3.05, 3.63) is 41.8 Å². The summed E-state index contributed by atoms with van der Waals surface area (Å²) in [5.41, 5.74) is 1.58. The van der Waals surface area contributed by atoms with Gasteiger partial charge in [-0.3, -0.25) is 0 Å². The van der Waals surface area contributed by atoms with Gasteiger partial charge in [0.15, 0.2) is 5.88 Å². The molecule has 0 unspecified atom stereocenters. The fourth-order valence-electron chi connectivity index (χ4n) is 2.03. The molecule has 0 spiro atoms. The van der Waals surface area contributed by atoms with Crippen molar-refractivity contribution in [1.29, 1.82) is 0 Å². The topological polar surface area (TPSA) is 65.1 Å². The van der Waals surface area contributed by atoms with Gasteiger partial charge in [-0.25, -0.2) is 14.5 Å². The Morgan fingerprint density at radius 3 is 2.67 bits per heavy atom. The van der Waals surface area contributed by atoms with Crippen molar-refractivity contribution >= 4 is 17.9 Å². The van der Waals surface area contributed by atoms with E-state index >= 15 is 0 Å². The van der Waals surface area contributed by atoms with E-state index in [9.17, 15) is 9.59 Å². The van der Waals surface area contributed by atoms with E-state index in [4.69, 9.17) is 4.74 Å². The van der Waals surface area contributed by atoms with Gasteiger partial charge in [-0.05, 0) is 38.0 Å². The number of allylic oxidation sites excluding steroid dienone is 1. The van der Waals surface area contributed by atoms with Crippen molar-refractivity contribution in [2.24, 2.45) is 0 Å². The van der Waals surface area contributed by atoms with Gasteiger partial charge in [0.05, 0.1) is 18.9 Å². The number of benzene rings is 1. The molecule has 0 bridgehead atoms. The van der Waals surface area contributed by atoms with Crippen LogP contribution >= 0.6 is 0 Å². The summed E-state index contributed by atoms with van der Waals surface area (Å²) in [6, 6.07) is 7.36. The Morgan fingerprint density at radius 2 is 1.95 bits per heavy atom. The van der Waals surface area contributed by atoms with E-state index in [2.05, 4.69) is 9.47 Å². The second-order valence-corrected chi connectivity index (χ2v) is 4.19. The minimum atomic E-state index is -1.03. The molecule has 112 valence electrons. The third-order valence-corrected chi connectivity index (χ3v) is 2.86. The zero-order valence-corrected chi connectivity index (χ0v) is 12.0. The summed E-state index contributed by atoms with van der Waals surface area (Å²) in [4.78, 5) is 24.8. The molecule has 1 aliphatic rings. The van der Waals surface area contributed by atoms with Gasteiger partial charge < -0.3 is 14.2 Å². The van der Waals surface area contributed by atoms with E-state index in [0.717, 1.165) is 5.56 Å². The lowest BCUT2D eigenvalue weighted by atomic mass is 10.1. The van der Waals surface area contributed by atoms with Gasteiger partial charge in [-0.2, -0.15) is 0 Å². The highest BCUT2D eigenvalue weighted by molar-refractivity contribution is 5.96. The minimum absolute atomic E-state index is 0.136. The van der Waals surface area contributed by atoms with Gasteiger partial charge in [0, 0.05) is 0 Å². The number of amides is 1. The molecule has 0 aromatic heterocycles. The summed E-state index contributed by atoms with van der Waals surface area (Å²) in [7, 11) is 0. The van der Waals surface area contributed by atoms with Crippen LogP contribution in [0.4, 0.5) is 15.3 Å². The molecule has 0 aliphatic carbocycles. The maximum Gasteiger partial charge on any atom is 0.517 e. The molecule has 21 heavy (non-hydrogen) atoms. The molecule has 6 nitrogen and oxygen atoms in total. The average molecular weight is 291 g/mol. The Labute approximate surface area is 122 Å². The molecule has 0 fully saturated rings. The molecule has 0 saturated heterocycles. The van der Waals surface area contributed by atoms with Crippen LogP contribution in [0.15, 0.2) is 36.2 Å². The van der Waals surface area contributed by atoms with Gasteiger partial charge in [0.25, 0.3) is 0 Å². The lowest BCUT2D eigenvalue weighted by Crippen LogP contribution is -2.36. The van der Waals surface area contributed by atoms with Crippen molar-refractivity contribution in [3.63, 3.8) is 0 Å². The molecule has 1 heterocycles. The smallest absolute Gasteiger partial charge is 0.479 e. The average Bonchev–Trinajstić information content (AvgIpc) is 2.47. The van der Waals surface area contributed by atoms with Crippen LogP contribution in [0.2, 0.25) is 0 Å². The lowest BCUT2D eigenvalue weighted by Gasteiger charge is -2.28. The van der Waals surface area contributed by atoms with E-state index < -0.39 is 12.2 Å². The van der Waals surface area contributed by atoms with Crippen LogP contribution in [0.5, 0.6) is 0 Å². The second kappa shape index (κ2) is 6.78. The van der Waals surface area contributed by atoms with Crippen LogP contribution in [-0.4, -0.2) is 25.5 Å². The number of ether oxygens (including phenoxy) is 3. The maximum atomic E-state index is 12.2. The zero-order chi connectivity index (χ0) is 15.2. The zero-order valence-electron chi connectivity index (χ0n) is 12.0. The second-order valence-electron chi connectivity index (χ2n) is 4.19. The SMILES string of the molecule is CCOC(=O)OC(=O)N1C(OCC)=CCc2ccccc21. The first-order valence-electron chi connectivity index (χ1n) is 6.76. The molecule has 0 atom stereocenters. The van der Waals surface area contributed by atoms with Crippen molar-refractivity contribution in [2.75, 3.05) is 18.1 Å². The largest absolute Gasteiger partial charge is 0.517 e. The highest BCUT2D eigenvalue weighted by atomic mass is 16.7. The molecule has 1 amide bonds. The minimum Gasteiger partial charge on any atom is -0.479 e. The summed E-state index contributed by atoms with van der Waals surface area (Å²) in [5, 5.41) is 0. The highest BCUT2D eigenvalue weighted by Gasteiger charge is 2.30. The first-order valence-corrected chi connectivity index (χ1v) is 6.76. The molecular weight excluding hydrogens is 274 g/mol. The molecular formula is C15H17NO5.